The van der Waals surface area contributed by atoms with Crippen LogP contribution in [0.3, 0.4) is 0 Å². The maximum atomic E-state index is 12.3. The molecule has 1 aliphatic carbocycles. The average molecular weight is 304 g/mol. The van der Waals surface area contributed by atoms with E-state index in [0.29, 0.717) is 25.1 Å². The molecule has 1 aliphatic rings. The molecular weight excluding hydrogens is 276 g/mol. The Kier molecular flexibility index (Phi) is 5.98. The Morgan fingerprint density at radius 2 is 1.95 bits per heavy atom. The molecule has 0 aromatic heterocycles. The van der Waals surface area contributed by atoms with Crippen LogP contribution < -0.4 is 5.32 Å². The summed E-state index contributed by atoms with van der Waals surface area (Å²) in [5, 5.41) is 12.2. The van der Waals surface area contributed by atoms with Crippen molar-refractivity contribution in [2.45, 2.75) is 45.6 Å². The fourth-order valence-electron chi connectivity index (χ4n) is 3.18. The Hall–Kier alpha value is -1.39. The van der Waals surface area contributed by atoms with Crippen molar-refractivity contribution >= 4 is 11.6 Å². The molecule has 0 atom stereocenters. The number of aliphatic hydroxyl groups is 1. The number of aliphatic hydroxyl groups excluding tert-OH is 1. The molecule has 0 spiro atoms. The van der Waals surface area contributed by atoms with Crippen molar-refractivity contribution < 1.29 is 9.90 Å². The van der Waals surface area contributed by atoms with Crippen molar-refractivity contribution in [3.63, 3.8) is 0 Å². The molecule has 2 N–H and O–H groups in total. The van der Waals surface area contributed by atoms with Crippen LogP contribution in [0.1, 0.15) is 36.8 Å². The number of anilines is 1. The monoisotopic (exact) mass is 304 g/mol. The third-order valence-corrected chi connectivity index (χ3v) is 4.76. The van der Waals surface area contributed by atoms with Crippen LogP contribution in [-0.4, -0.2) is 42.2 Å². The molecule has 1 aromatic carbocycles. The molecule has 0 unspecified atom stereocenters. The van der Waals surface area contributed by atoms with Gasteiger partial charge >= 0.3 is 0 Å². The highest BCUT2D eigenvalue weighted by Gasteiger charge is 2.24. The Labute approximate surface area is 133 Å². The first-order valence-corrected chi connectivity index (χ1v) is 8.17. The smallest absolute Gasteiger partial charge is 0.238 e. The number of carbonyl (C=O) groups excluding carboxylic acids is 1. The lowest BCUT2D eigenvalue weighted by Crippen LogP contribution is -2.40. The summed E-state index contributed by atoms with van der Waals surface area (Å²) in [6.45, 7) is 4.75. The molecule has 0 radical (unpaired) electrons. The lowest BCUT2D eigenvalue weighted by Gasteiger charge is -2.33. The summed E-state index contributed by atoms with van der Waals surface area (Å²) < 4.78 is 0. The fourth-order valence-corrected chi connectivity index (χ4v) is 3.18. The number of carbonyl (C=O) groups is 1. The number of amides is 1. The van der Waals surface area contributed by atoms with Crippen molar-refractivity contribution in [3.8, 4) is 0 Å². The van der Waals surface area contributed by atoms with E-state index in [0.717, 1.165) is 42.5 Å². The quantitative estimate of drug-likeness (QED) is 0.879. The van der Waals surface area contributed by atoms with Gasteiger partial charge in [0.2, 0.25) is 5.91 Å². The number of rotatable bonds is 5. The first-order chi connectivity index (χ1) is 10.5. The number of aryl methyl sites for hydroxylation is 2. The molecule has 22 heavy (non-hydrogen) atoms. The molecule has 1 aromatic rings. The van der Waals surface area contributed by atoms with E-state index in [9.17, 15) is 9.90 Å². The zero-order chi connectivity index (χ0) is 16.1. The molecule has 122 valence electrons. The molecule has 0 bridgehead atoms. The Balaban J connectivity index is 1.85. The van der Waals surface area contributed by atoms with Crippen LogP contribution in [0.15, 0.2) is 18.2 Å². The van der Waals surface area contributed by atoms with Crippen LogP contribution in [0, 0.1) is 19.8 Å². The standard InChI is InChI=1S/C18H28N2O2/c1-13-4-5-14(2)17(10-13)19-18(22)11-20(3)16-8-6-15(12-21)7-9-16/h4-5,10,15-16,21H,6-9,11-12H2,1-3H3,(H,19,22). The zero-order valence-electron chi connectivity index (χ0n) is 13.9. The second-order valence-corrected chi connectivity index (χ2v) is 6.64. The summed E-state index contributed by atoms with van der Waals surface area (Å²) in [4.78, 5) is 14.4. The predicted octanol–water partition coefficient (Wildman–Crippen LogP) is 2.72. The highest BCUT2D eigenvalue weighted by molar-refractivity contribution is 5.93. The van der Waals surface area contributed by atoms with E-state index in [2.05, 4.69) is 16.3 Å². The SMILES string of the molecule is Cc1ccc(C)c(NC(=O)CN(C)C2CCC(CO)CC2)c1. The number of benzene rings is 1. The first-order valence-electron chi connectivity index (χ1n) is 8.17. The summed E-state index contributed by atoms with van der Waals surface area (Å²) in [6.07, 6.45) is 4.26. The van der Waals surface area contributed by atoms with Gasteiger partial charge in [-0.05, 0) is 69.7 Å². The third kappa shape index (κ3) is 4.55. The van der Waals surface area contributed by atoms with Gasteiger partial charge in [0, 0.05) is 18.3 Å². The van der Waals surface area contributed by atoms with Crippen LogP contribution in [0.4, 0.5) is 5.69 Å². The molecule has 1 amide bonds. The number of hydrogen-bond acceptors (Lipinski definition) is 3. The molecule has 2 rings (SSSR count). The van der Waals surface area contributed by atoms with E-state index in [-0.39, 0.29) is 5.91 Å². The fraction of sp³-hybridized carbons (Fsp3) is 0.611. The Bertz CT molecular complexity index is 508. The molecule has 4 heteroatoms. The summed E-state index contributed by atoms with van der Waals surface area (Å²) >= 11 is 0. The molecular formula is C18H28N2O2. The van der Waals surface area contributed by atoms with Crippen LogP contribution in [0.5, 0.6) is 0 Å². The average Bonchev–Trinajstić information content (AvgIpc) is 2.51. The van der Waals surface area contributed by atoms with Gasteiger partial charge in [-0.25, -0.2) is 0 Å². The summed E-state index contributed by atoms with van der Waals surface area (Å²) in [7, 11) is 2.02. The lowest BCUT2D eigenvalue weighted by atomic mass is 9.86. The maximum Gasteiger partial charge on any atom is 0.238 e. The van der Waals surface area contributed by atoms with E-state index in [4.69, 9.17) is 0 Å². The minimum Gasteiger partial charge on any atom is -0.396 e. The van der Waals surface area contributed by atoms with Gasteiger partial charge < -0.3 is 10.4 Å². The van der Waals surface area contributed by atoms with Gasteiger partial charge in [0.25, 0.3) is 0 Å². The van der Waals surface area contributed by atoms with E-state index in [1.54, 1.807) is 0 Å². The zero-order valence-corrected chi connectivity index (χ0v) is 13.9. The van der Waals surface area contributed by atoms with E-state index in [1.807, 2.05) is 33.0 Å². The predicted molar refractivity (Wildman–Crippen MR) is 90.0 cm³/mol. The minimum absolute atomic E-state index is 0.0421. The topological polar surface area (TPSA) is 52.6 Å². The number of likely N-dealkylation sites (N-methyl/N-ethyl adjacent to an activating group) is 1. The van der Waals surface area contributed by atoms with Crippen LogP contribution in [0.2, 0.25) is 0 Å². The van der Waals surface area contributed by atoms with Crippen molar-refractivity contribution in [2.75, 3.05) is 25.5 Å². The molecule has 4 nitrogen and oxygen atoms in total. The van der Waals surface area contributed by atoms with Gasteiger partial charge in [-0.2, -0.15) is 0 Å². The molecule has 1 fully saturated rings. The summed E-state index contributed by atoms with van der Waals surface area (Å²) in [5.74, 6) is 0.494. The van der Waals surface area contributed by atoms with Crippen molar-refractivity contribution in [3.05, 3.63) is 29.3 Å². The van der Waals surface area contributed by atoms with Gasteiger partial charge in [-0.15, -0.1) is 0 Å². The highest BCUT2D eigenvalue weighted by Crippen LogP contribution is 2.26. The highest BCUT2D eigenvalue weighted by atomic mass is 16.3. The normalized spacial score (nSPS) is 21.9. The Morgan fingerprint density at radius 3 is 2.59 bits per heavy atom. The van der Waals surface area contributed by atoms with Crippen LogP contribution in [0.25, 0.3) is 0 Å². The maximum absolute atomic E-state index is 12.3. The summed E-state index contributed by atoms with van der Waals surface area (Å²) in [5.41, 5.74) is 3.14. The molecule has 0 heterocycles. The molecule has 0 saturated heterocycles. The minimum atomic E-state index is 0.0421. The van der Waals surface area contributed by atoms with Gasteiger partial charge in [0.15, 0.2) is 0 Å². The number of nitrogens with zero attached hydrogens (tertiary/aromatic N) is 1. The van der Waals surface area contributed by atoms with Gasteiger partial charge in [-0.3, -0.25) is 9.69 Å². The van der Waals surface area contributed by atoms with Gasteiger partial charge in [-0.1, -0.05) is 12.1 Å². The second kappa shape index (κ2) is 7.75. The van der Waals surface area contributed by atoms with E-state index >= 15 is 0 Å². The third-order valence-electron chi connectivity index (χ3n) is 4.76. The largest absolute Gasteiger partial charge is 0.396 e. The van der Waals surface area contributed by atoms with Gasteiger partial charge in [0.05, 0.1) is 6.54 Å². The van der Waals surface area contributed by atoms with E-state index < -0.39 is 0 Å². The van der Waals surface area contributed by atoms with Gasteiger partial charge in [0.1, 0.15) is 0 Å². The lowest BCUT2D eigenvalue weighted by molar-refractivity contribution is -0.117. The van der Waals surface area contributed by atoms with Crippen LogP contribution >= 0.6 is 0 Å². The van der Waals surface area contributed by atoms with Crippen molar-refractivity contribution in [1.82, 2.24) is 4.90 Å². The van der Waals surface area contributed by atoms with Crippen molar-refractivity contribution in [2.24, 2.45) is 5.92 Å². The Morgan fingerprint density at radius 1 is 1.27 bits per heavy atom. The number of nitrogens with one attached hydrogen (secondary N) is 1. The van der Waals surface area contributed by atoms with E-state index in [1.165, 1.54) is 0 Å². The second-order valence-electron chi connectivity index (χ2n) is 6.64. The van der Waals surface area contributed by atoms with Crippen molar-refractivity contribution in [1.29, 1.82) is 0 Å². The number of hydrogen-bond donors (Lipinski definition) is 2. The first kappa shape index (κ1) is 17.0. The molecule has 0 aliphatic heterocycles. The van der Waals surface area contributed by atoms with Crippen LogP contribution in [-0.2, 0) is 4.79 Å². The molecule has 1 saturated carbocycles. The summed E-state index contributed by atoms with van der Waals surface area (Å²) in [6, 6.07) is 6.55.